The van der Waals surface area contributed by atoms with E-state index in [1.165, 1.54) is 0 Å². The summed E-state index contributed by atoms with van der Waals surface area (Å²) in [6, 6.07) is 8.34. The number of amides is 2. The molecule has 2 fully saturated rings. The van der Waals surface area contributed by atoms with Crippen LogP contribution in [0.3, 0.4) is 0 Å². The van der Waals surface area contributed by atoms with E-state index in [9.17, 15) is 31.1 Å². The summed E-state index contributed by atoms with van der Waals surface area (Å²) in [5.74, 6) is 0.839. The molecule has 11 heteroatoms. The Balaban J connectivity index is 1.48. The van der Waals surface area contributed by atoms with Gasteiger partial charge < -0.3 is 16.0 Å². The number of rotatable bonds is 5. The predicted octanol–water partition coefficient (Wildman–Crippen LogP) is 6.94. The summed E-state index contributed by atoms with van der Waals surface area (Å²) in [4.78, 5) is 17.6. The van der Waals surface area contributed by atoms with Gasteiger partial charge in [-0.15, -0.1) is 6.58 Å². The summed E-state index contributed by atoms with van der Waals surface area (Å²) in [7, 11) is 0. The lowest BCUT2D eigenvalue weighted by Crippen LogP contribution is -2.59. The Morgan fingerprint density at radius 3 is 2.28 bits per heavy atom. The molecule has 1 saturated heterocycles. The van der Waals surface area contributed by atoms with Gasteiger partial charge in [0.25, 0.3) is 0 Å². The molecule has 3 aromatic rings. The Morgan fingerprint density at radius 1 is 1.00 bits per heavy atom. The fourth-order valence-corrected chi connectivity index (χ4v) is 5.81. The van der Waals surface area contributed by atoms with Gasteiger partial charge >= 0.3 is 18.4 Å². The number of nitrogens with zero attached hydrogens (tertiary/aromatic N) is 1. The molecular weight excluding hydrogens is 522 g/mol. The van der Waals surface area contributed by atoms with E-state index < -0.39 is 41.2 Å². The van der Waals surface area contributed by atoms with Crippen molar-refractivity contribution in [2.24, 2.45) is 17.8 Å². The molecule has 1 aromatic heterocycles. The molecule has 2 aromatic carbocycles. The van der Waals surface area contributed by atoms with E-state index >= 15 is 0 Å². The lowest BCUT2D eigenvalue weighted by molar-refractivity contribution is -0.143. The molecule has 5 rings (SSSR count). The van der Waals surface area contributed by atoms with E-state index in [-0.39, 0.29) is 23.9 Å². The third-order valence-corrected chi connectivity index (χ3v) is 7.80. The number of carbonyl (C=O) groups excluding carboxylic acids is 1. The number of hydrogen-bond donors (Lipinski definition) is 3. The number of para-hydroxylation sites is 1. The largest absolute Gasteiger partial charge is 0.416 e. The number of aromatic nitrogens is 1. The van der Waals surface area contributed by atoms with Crippen molar-refractivity contribution in [1.29, 1.82) is 0 Å². The zero-order chi connectivity index (χ0) is 27.9. The van der Waals surface area contributed by atoms with E-state index in [0.29, 0.717) is 30.1 Å². The highest BCUT2D eigenvalue weighted by molar-refractivity contribution is 5.91. The van der Waals surface area contributed by atoms with Crippen LogP contribution in [0.2, 0.25) is 0 Å². The van der Waals surface area contributed by atoms with Gasteiger partial charge in [0.2, 0.25) is 0 Å². The Morgan fingerprint density at radius 2 is 1.67 bits per heavy atom. The third-order valence-electron chi connectivity index (χ3n) is 7.80. The van der Waals surface area contributed by atoms with E-state index in [2.05, 4.69) is 27.5 Å². The highest BCUT2D eigenvalue weighted by Gasteiger charge is 2.47. The SMILES string of the molecule is C=CC1CNC([C@H](NC(=O)Nc2cc(C(F)(F)F)cc(C(F)(F)F)c2)c2ccnc3ccccc23)C2CCC12. The van der Waals surface area contributed by atoms with Crippen molar-refractivity contribution >= 4 is 22.6 Å². The molecule has 3 N–H and O–H groups in total. The van der Waals surface area contributed by atoms with Crippen LogP contribution in [0.15, 0.2) is 67.4 Å². The fourth-order valence-electron chi connectivity index (χ4n) is 5.81. The van der Waals surface area contributed by atoms with Crippen molar-refractivity contribution in [3.05, 3.63) is 84.1 Å². The smallest absolute Gasteiger partial charge is 0.329 e. The normalized spacial score (nSPS) is 23.8. The zero-order valence-electron chi connectivity index (χ0n) is 20.6. The summed E-state index contributed by atoms with van der Waals surface area (Å²) >= 11 is 0. The molecule has 1 saturated carbocycles. The molecule has 39 heavy (non-hydrogen) atoms. The maximum absolute atomic E-state index is 13.3. The lowest BCUT2D eigenvalue weighted by Gasteiger charge is -2.52. The van der Waals surface area contributed by atoms with Gasteiger partial charge in [-0.2, -0.15) is 26.3 Å². The molecular formula is C28H26F6N4O. The van der Waals surface area contributed by atoms with Crippen LogP contribution < -0.4 is 16.0 Å². The van der Waals surface area contributed by atoms with Crippen LogP contribution in [0.1, 0.15) is 35.6 Å². The predicted molar refractivity (Wildman–Crippen MR) is 135 cm³/mol. The molecule has 0 radical (unpaired) electrons. The van der Waals surface area contributed by atoms with E-state index in [0.717, 1.165) is 23.8 Å². The highest BCUT2D eigenvalue weighted by Crippen LogP contribution is 2.48. The van der Waals surface area contributed by atoms with Crippen LogP contribution in [0.5, 0.6) is 0 Å². The van der Waals surface area contributed by atoms with Gasteiger partial charge in [-0.1, -0.05) is 24.3 Å². The van der Waals surface area contributed by atoms with Crippen molar-refractivity contribution in [3.63, 3.8) is 0 Å². The molecule has 206 valence electrons. The maximum Gasteiger partial charge on any atom is 0.416 e. The van der Waals surface area contributed by atoms with Gasteiger partial charge in [0.15, 0.2) is 0 Å². The van der Waals surface area contributed by atoms with E-state index in [4.69, 9.17) is 0 Å². The summed E-state index contributed by atoms with van der Waals surface area (Å²) < 4.78 is 80.0. The first-order valence-corrected chi connectivity index (χ1v) is 12.5. The number of hydrogen-bond acceptors (Lipinski definition) is 3. The van der Waals surface area contributed by atoms with Crippen LogP contribution in [0.25, 0.3) is 10.9 Å². The Hall–Kier alpha value is -3.60. The lowest BCUT2D eigenvalue weighted by atomic mass is 9.60. The van der Waals surface area contributed by atoms with Gasteiger partial charge in [0.1, 0.15) is 0 Å². The quantitative estimate of drug-likeness (QED) is 0.239. The second kappa shape index (κ2) is 10.2. The average Bonchev–Trinajstić information content (AvgIpc) is 2.86. The molecule has 4 unspecified atom stereocenters. The van der Waals surface area contributed by atoms with Gasteiger partial charge in [-0.3, -0.25) is 4.98 Å². The Labute approximate surface area is 220 Å². The van der Waals surface area contributed by atoms with Crippen LogP contribution in [0.4, 0.5) is 36.8 Å². The van der Waals surface area contributed by atoms with Gasteiger partial charge in [0.05, 0.1) is 22.7 Å². The monoisotopic (exact) mass is 548 g/mol. The number of nitrogens with one attached hydrogen (secondary N) is 3. The summed E-state index contributed by atoms with van der Waals surface area (Å²) in [6.07, 6.45) is -4.60. The number of halogens is 6. The Kier molecular flexibility index (Phi) is 7.04. The number of fused-ring (bicyclic) bond motifs is 2. The molecule has 1 aliphatic heterocycles. The molecule has 2 aliphatic rings. The first-order valence-electron chi connectivity index (χ1n) is 12.5. The molecule has 2 amide bonds. The zero-order valence-corrected chi connectivity index (χ0v) is 20.6. The highest BCUT2D eigenvalue weighted by atomic mass is 19.4. The second-order valence-corrected chi connectivity index (χ2v) is 10.0. The van der Waals surface area contributed by atoms with Gasteiger partial charge in [-0.05, 0) is 66.5 Å². The maximum atomic E-state index is 13.3. The number of anilines is 1. The molecule has 5 atom stereocenters. The van der Waals surface area contributed by atoms with Crippen LogP contribution in [-0.4, -0.2) is 23.6 Å². The van der Waals surface area contributed by atoms with Crippen molar-refractivity contribution in [1.82, 2.24) is 15.6 Å². The van der Waals surface area contributed by atoms with Crippen molar-refractivity contribution in [2.75, 3.05) is 11.9 Å². The molecule has 0 spiro atoms. The second-order valence-electron chi connectivity index (χ2n) is 10.0. The Bertz CT molecular complexity index is 1350. The number of piperidine rings is 1. The number of urea groups is 1. The standard InChI is InChI=1S/C28H26F6N4O/c1-2-15-14-36-24(21-8-7-19(15)21)25(22-9-10-35-23-6-4-3-5-20(22)23)38-26(39)37-18-12-16(27(29,30)31)11-17(13-18)28(32,33)34/h2-6,9-13,15,19,21,24-25,36H,1,7-8,14H2,(H2,37,38,39)/t15?,19?,21?,24?,25-/m1/s1. The van der Waals surface area contributed by atoms with Crippen molar-refractivity contribution < 1.29 is 31.1 Å². The number of benzene rings is 2. The fraction of sp³-hybridized carbons (Fsp3) is 0.357. The van der Waals surface area contributed by atoms with Gasteiger partial charge in [0, 0.05) is 29.9 Å². The summed E-state index contributed by atoms with van der Waals surface area (Å²) in [5, 5.41) is 9.35. The first kappa shape index (κ1) is 27.0. The number of carbonyl (C=O) groups is 1. The molecule has 1 aliphatic carbocycles. The minimum atomic E-state index is -5.03. The minimum absolute atomic E-state index is 0.0215. The molecule has 5 nitrogen and oxygen atoms in total. The molecule has 2 heterocycles. The topological polar surface area (TPSA) is 66.0 Å². The van der Waals surface area contributed by atoms with Crippen molar-refractivity contribution in [3.8, 4) is 0 Å². The average molecular weight is 549 g/mol. The number of pyridine rings is 1. The van der Waals surface area contributed by atoms with Crippen LogP contribution in [-0.2, 0) is 12.4 Å². The number of alkyl halides is 6. The third kappa shape index (κ3) is 5.45. The molecule has 0 bridgehead atoms. The first-order chi connectivity index (χ1) is 18.5. The van der Waals surface area contributed by atoms with Crippen LogP contribution >= 0.6 is 0 Å². The minimum Gasteiger partial charge on any atom is -0.329 e. The van der Waals surface area contributed by atoms with E-state index in [1.54, 1.807) is 12.3 Å². The summed E-state index contributed by atoms with van der Waals surface area (Å²) in [6.45, 7) is 4.57. The summed E-state index contributed by atoms with van der Waals surface area (Å²) in [5.41, 5.74) is -2.19. The van der Waals surface area contributed by atoms with Crippen LogP contribution in [0, 0.1) is 17.8 Å². The van der Waals surface area contributed by atoms with Crippen molar-refractivity contribution in [2.45, 2.75) is 37.3 Å². The van der Waals surface area contributed by atoms with E-state index in [1.807, 2.05) is 30.3 Å². The van der Waals surface area contributed by atoms with Gasteiger partial charge in [-0.25, -0.2) is 4.79 Å².